The second-order valence-corrected chi connectivity index (χ2v) is 3.80. The van der Waals surface area contributed by atoms with Gasteiger partial charge in [-0.15, -0.1) is 0 Å². The van der Waals surface area contributed by atoms with Crippen LogP contribution >= 0.6 is 11.6 Å². The molecular weight excluding hydrogens is 210 g/mol. The summed E-state index contributed by atoms with van der Waals surface area (Å²) in [5.74, 6) is 0.0383. The van der Waals surface area contributed by atoms with Crippen LogP contribution in [0, 0.1) is 12.3 Å². The van der Waals surface area contributed by atoms with Crippen LogP contribution in [0.4, 0.5) is 0 Å². The minimum absolute atomic E-state index is 0.0383. The van der Waals surface area contributed by atoms with Crippen LogP contribution in [0.25, 0.3) is 10.9 Å². The van der Waals surface area contributed by atoms with Crippen molar-refractivity contribution in [2.75, 3.05) is 0 Å². The van der Waals surface area contributed by atoms with E-state index >= 15 is 0 Å². The van der Waals surface area contributed by atoms with Gasteiger partial charge < -0.3 is 5.73 Å². The fourth-order valence-electron chi connectivity index (χ4n) is 1.48. The first kappa shape index (κ1) is 9.93. The van der Waals surface area contributed by atoms with E-state index in [4.69, 9.17) is 22.7 Å². The van der Waals surface area contributed by atoms with Gasteiger partial charge in [-0.2, -0.15) is 0 Å². The number of nitrogens with one attached hydrogen (secondary N) is 1. The SMILES string of the molecule is Cc1cc(Cl)c2ccc(C(=N)N)cc2n1. The van der Waals surface area contributed by atoms with Gasteiger partial charge >= 0.3 is 0 Å². The Morgan fingerprint density at radius 3 is 2.80 bits per heavy atom. The molecule has 0 aliphatic heterocycles. The van der Waals surface area contributed by atoms with Crippen molar-refractivity contribution in [3.8, 4) is 0 Å². The first-order valence-electron chi connectivity index (χ1n) is 4.49. The Hall–Kier alpha value is -1.61. The van der Waals surface area contributed by atoms with E-state index in [1.807, 2.05) is 19.1 Å². The van der Waals surface area contributed by atoms with E-state index in [1.54, 1.807) is 12.1 Å². The number of aryl methyl sites for hydroxylation is 1. The molecule has 0 saturated heterocycles. The maximum absolute atomic E-state index is 7.33. The fraction of sp³-hybridized carbons (Fsp3) is 0.0909. The van der Waals surface area contributed by atoms with Gasteiger partial charge in [0, 0.05) is 16.6 Å². The highest BCUT2D eigenvalue weighted by atomic mass is 35.5. The maximum atomic E-state index is 7.33. The molecule has 0 amide bonds. The third kappa shape index (κ3) is 1.78. The van der Waals surface area contributed by atoms with Crippen LogP contribution in [0.5, 0.6) is 0 Å². The molecule has 0 saturated carbocycles. The largest absolute Gasteiger partial charge is 0.384 e. The van der Waals surface area contributed by atoms with Crippen molar-refractivity contribution in [2.24, 2.45) is 5.73 Å². The van der Waals surface area contributed by atoms with Crippen LogP contribution in [0.1, 0.15) is 11.3 Å². The number of halogens is 1. The number of nitrogen functional groups attached to an aromatic ring is 1. The van der Waals surface area contributed by atoms with Crippen molar-refractivity contribution < 1.29 is 0 Å². The summed E-state index contributed by atoms with van der Waals surface area (Å²) in [5.41, 5.74) is 7.69. The van der Waals surface area contributed by atoms with E-state index in [1.165, 1.54) is 0 Å². The molecule has 3 nitrogen and oxygen atoms in total. The van der Waals surface area contributed by atoms with Gasteiger partial charge in [-0.05, 0) is 19.1 Å². The molecule has 1 heterocycles. The summed E-state index contributed by atoms with van der Waals surface area (Å²) in [6.45, 7) is 1.88. The molecule has 0 bridgehead atoms. The van der Waals surface area contributed by atoms with E-state index < -0.39 is 0 Å². The predicted molar refractivity (Wildman–Crippen MR) is 62.5 cm³/mol. The molecular formula is C11H10ClN3. The number of amidine groups is 1. The summed E-state index contributed by atoms with van der Waals surface area (Å²) in [4.78, 5) is 4.34. The molecule has 0 atom stereocenters. The molecule has 0 aliphatic carbocycles. The summed E-state index contributed by atoms with van der Waals surface area (Å²) in [6.07, 6.45) is 0. The lowest BCUT2D eigenvalue weighted by atomic mass is 10.1. The van der Waals surface area contributed by atoms with Crippen molar-refractivity contribution in [3.63, 3.8) is 0 Å². The number of benzene rings is 1. The molecule has 0 radical (unpaired) electrons. The Morgan fingerprint density at radius 1 is 1.40 bits per heavy atom. The number of aromatic nitrogens is 1. The van der Waals surface area contributed by atoms with Gasteiger partial charge in [0.1, 0.15) is 5.84 Å². The van der Waals surface area contributed by atoms with Gasteiger partial charge in [-0.3, -0.25) is 10.4 Å². The molecule has 0 fully saturated rings. The third-order valence-electron chi connectivity index (χ3n) is 2.20. The summed E-state index contributed by atoms with van der Waals surface area (Å²) >= 11 is 6.07. The van der Waals surface area contributed by atoms with Gasteiger partial charge in [-0.25, -0.2) is 0 Å². The predicted octanol–water partition coefficient (Wildman–Crippen LogP) is 2.48. The molecule has 1 aromatic heterocycles. The second kappa shape index (κ2) is 3.51. The van der Waals surface area contributed by atoms with Crippen LogP contribution in [0.15, 0.2) is 24.3 Å². The van der Waals surface area contributed by atoms with E-state index in [9.17, 15) is 0 Å². The van der Waals surface area contributed by atoms with Crippen molar-refractivity contribution in [1.29, 1.82) is 5.41 Å². The lowest BCUT2D eigenvalue weighted by molar-refractivity contribution is 1.25. The van der Waals surface area contributed by atoms with Crippen molar-refractivity contribution in [2.45, 2.75) is 6.92 Å². The van der Waals surface area contributed by atoms with Crippen LogP contribution < -0.4 is 5.73 Å². The number of fused-ring (bicyclic) bond motifs is 1. The third-order valence-corrected chi connectivity index (χ3v) is 2.51. The number of pyridine rings is 1. The summed E-state index contributed by atoms with van der Waals surface area (Å²) in [5, 5.41) is 8.89. The first-order chi connectivity index (χ1) is 7.08. The van der Waals surface area contributed by atoms with Crippen molar-refractivity contribution in [1.82, 2.24) is 4.98 Å². The maximum Gasteiger partial charge on any atom is 0.122 e. The Balaban J connectivity index is 2.76. The lowest BCUT2D eigenvalue weighted by Crippen LogP contribution is -2.10. The van der Waals surface area contributed by atoms with Crippen LogP contribution in [0.2, 0.25) is 5.02 Å². The summed E-state index contributed by atoms with van der Waals surface area (Å²) in [7, 11) is 0. The highest BCUT2D eigenvalue weighted by Gasteiger charge is 2.04. The number of nitrogens with zero attached hydrogens (tertiary/aromatic N) is 1. The highest BCUT2D eigenvalue weighted by Crippen LogP contribution is 2.23. The highest BCUT2D eigenvalue weighted by molar-refractivity contribution is 6.35. The molecule has 76 valence electrons. The Morgan fingerprint density at radius 2 is 2.13 bits per heavy atom. The van der Waals surface area contributed by atoms with Gasteiger partial charge in [0.05, 0.1) is 10.5 Å². The van der Waals surface area contributed by atoms with E-state index in [2.05, 4.69) is 4.98 Å². The molecule has 2 aromatic rings. The summed E-state index contributed by atoms with van der Waals surface area (Å²) in [6, 6.07) is 7.20. The van der Waals surface area contributed by atoms with Crippen LogP contribution in [-0.2, 0) is 0 Å². The number of rotatable bonds is 1. The zero-order chi connectivity index (χ0) is 11.0. The van der Waals surface area contributed by atoms with Gasteiger partial charge in [0.15, 0.2) is 0 Å². The van der Waals surface area contributed by atoms with Gasteiger partial charge in [-0.1, -0.05) is 23.7 Å². The lowest BCUT2D eigenvalue weighted by Gasteiger charge is -2.04. The summed E-state index contributed by atoms with van der Waals surface area (Å²) < 4.78 is 0. The molecule has 15 heavy (non-hydrogen) atoms. The molecule has 1 aromatic carbocycles. The van der Waals surface area contributed by atoms with E-state index in [0.29, 0.717) is 10.6 Å². The topological polar surface area (TPSA) is 62.8 Å². The van der Waals surface area contributed by atoms with Gasteiger partial charge in [0.25, 0.3) is 0 Å². The molecule has 0 unspecified atom stereocenters. The minimum Gasteiger partial charge on any atom is -0.384 e. The van der Waals surface area contributed by atoms with Crippen LogP contribution in [-0.4, -0.2) is 10.8 Å². The van der Waals surface area contributed by atoms with E-state index in [-0.39, 0.29) is 5.84 Å². The monoisotopic (exact) mass is 219 g/mol. The van der Waals surface area contributed by atoms with E-state index in [0.717, 1.165) is 16.6 Å². The quantitative estimate of drug-likeness (QED) is 0.572. The zero-order valence-electron chi connectivity index (χ0n) is 8.21. The number of hydrogen-bond donors (Lipinski definition) is 2. The second-order valence-electron chi connectivity index (χ2n) is 3.39. The first-order valence-corrected chi connectivity index (χ1v) is 4.87. The molecule has 0 aliphatic rings. The average Bonchev–Trinajstić information content (AvgIpc) is 2.16. The standard InChI is InChI=1S/C11H10ClN3/c1-6-4-9(12)8-3-2-7(11(13)14)5-10(8)15-6/h2-5H,1H3,(H3,13,14). The zero-order valence-corrected chi connectivity index (χ0v) is 8.97. The Labute approximate surface area is 92.4 Å². The fourth-order valence-corrected chi connectivity index (χ4v) is 1.79. The average molecular weight is 220 g/mol. The molecule has 3 N–H and O–H groups in total. The molecule has 4 heteroatoms. The van der Waals surface area contributed by atoms with Crippen molar-refractivity contribution in [3.05, 3.63) is 40.5 Å². The molecule has 2 rings (SSSR count). The normalized spacial score (nSPS) is 10.5. The molecule has 0 spiro atoms. The Kier molecular flexibility index (Phi) is 2.32. The minimum atomic E-state index is 0.0383. The Bertz CT molecular complexity index is 549. The number of nitrogens with two attached hydrogens (primary N) is 1. The van der Waals surface area contributed by atoms with Gasteiger partial charge in [0.2, 0.25) is 0 Å². The van der Waals surface area contributed by atoms with Crippen LogP contribution in [0.3, 0.4) is 0 Å². The number of hydrogen-bond acceptors (Lipinski definition) is 2. The van der Waals surface area contributed by atoms with Crippen molar-refractivity contribution >= 4 is 28.3 Å². The smallest absolute Gasteiger partial charge is 0.122 e.